The van der Waals surface area contributed by atoms with Crippen LogP contribution in [0.15, 0.2) is 30.3 Å². The summed E-state index contributed by atoms with van der Waals surface area (Å²) in [5.74, 6) is 0.803. The minimum absolute atomic E-state index is 0.387. The second kappa shape index (κ2) is 5.01. The van der Waals surface area contributed by atoms with E-state index < -0.39 is 0 Å². The molecule has 0 spiro atoms. The molecule has 16 heavy (non-hydrogen) atoms. The third kappa shape index (κ3) is 3.08. The van der Waals surface area contributed by atoms with Crippen LogP contribution in [-0.4, -0.2) is 10.7 Å². The summed E-state index contributed by atoms with van der Waals surface area (Å²) < 4.78 is 0. The van der Waals surface area contributed by atoms with Crippen molar-refractivity contribution >= 4 is 0 Å². The van der Waals surface area contributed by atoms with Gasteiger partial charge in [0, 0.05) is 0 Å². The van der Waals surface area contributed by atoms with E-state index in [1.165, 1.54) is 18.4 Å². The van der Waals surface area contributed by atoms with Gasteiger partial charge < -0.3 is 5.11 Å². The van der Waals surface area contributed by atoms with E-state index >= 15 is 0 Å². The maximum Gasteiger partial charge on any atom is 0.0651 e. The fourth-order valence-electron chi connectivity index (χ4n) is 2.57. The molecule has 1 nitrogen and oxygen atoms in total. The van der Waals surface area contributed by atoms with Gasteiger partial charge in [-0.25, -0.2) is 0 Å². The van der Waals surface area contributed by atoms with Gasteiger partial charge in [0.05, 0.1) is 5.60 Å². The van der Waals surface area contributed by atoms with Gasteiger partial charge in [-0.2, -0.15) is 0 Å². The minimum atomic E-state index is -0.387. The fraction of sp³-hybridized carbons (Fsp3) is 0.600. The summed E-state index contributed by atoms with van der Waals surface area (Å²) in [5.41, 5.74) is 0.956. The molecule has 0 amide bonds. The third-order valence-electron chi connectivity index (χ3n) is 3.93. The van der Waals surface area contributed by atoms with Crippen LogP contribution in [0.25, 0.3) is 0 Å². The lowest BCUT2D eigenvalue weighted by Gasteiger charge is -2.35. The summed E-state index contributed by atoms with van der Waals surface area (Å²) in [6, 6.07) is 10.5. The summed E-state index contributed by atoms with van der Waals surface area (Å²) in [6.45, 7) is 2.29. The summed E-state index contributed by atoms with van der Waals surface area (Å²) in [6.07, 6.45) is 6.27. The van der Waals surface area contributed by atoms with Crippen LogP contribution in [0, 0.1) is 5.92 Å². The number of aliphatic hydroxyl groups is 1. The molecular formula is C15H22O. The second-order valence-electron chi connectivity index (χ2n) is 5.39. The van der Waals surface area contributed by atoms with Crippen molar-refractivity contribution in [1.82, 2.24) is 0 Å². The van der Waals surface area contributed by atoms with Crippen LogP contribution in [0.5, 0.6) is 0 Å². The van der Waals surface area contributed by atoms with E-state index in [2.05, 4.69) is 31.2 Å². The zero-order valence-electron chi connectivity index (χ0n) is 10.2. The Kier molecular flexibility index (Phi) is 3.65. The molecule has 1 aliphatic rings. The van der Waals surface area contributed by atoms with Crippen LogP contribution >= 0.6 is 0 Å². The summed E-state index contributed by atoms with van der Waals surface area (Å²) in [4.78, 5) is 0. The molecule has 0 bridgehead atoms. The highest BCUT2D eigenvalue weighted by Gasteiger charge is 2.31. The van der Waals surface area contributed by atoms with Gasteiger partial charge in [0.2, 0.25) is 0 Å². The van der Waals surface area contributed by atoms with Crippen LogP contribution in [0.2, 0.25) is 0 Å². The first-order valence-electron chi connectivity index (χ1n) is 6.44. The number of rotatable bonds is 3. The lowest BCUT2D eigenvalue weighted by molar-refractivity contribution is -0.0141. The highest BCUT2D eigenvalue weighted by molar-refractivity contribution is 5.15. The van der Waals surface area contributed by atoms with E-state index in [0.717, 1.165) is 31.6 Å². The van der Waals surface area contributed by atoms with E-state index in [1.807, 2.05) is 6.07 Å². The van der Waals surface area contributed by atoms with Crippen molar-refractivity contribution in [3.63, 3.8) is 0 Å². The van der Waals surface area contributed by atoms with Gasteiger partial charge in [-0.15, -0.1) is 0 Å². The Morgan fingerprint density at radius 3 is 2.44 bits per heavy atom. The Morgan fingerprint density at radius 1 is 1.19 bits per heavy atom. The summed E-state index contributed by atoms with van der Waals surface area (Å²) >= 11 is 0. The monoisotopic (exact) mass is 218 g/mol. The zero-order valence-corrected chi connectivity index (χ0v) is 10.2. The van der Waals surface area contributed by atoms with Gasteiger partial charge in [0.1, 0.15) is 0 Å². The van der Waals surface area contributed by atoms with Crippen molar-refractivity contribution in [2.24, 2.45) is 5.92 Å². The molecule has 2 rings (SSSR count). The molecule has 88 valence electrons. The molecule has 0 radical (unpaired) electrons. The summed E-state index contributed by atoms with van der Waals surface area (Å²) in [7, 11) is 0. The fourth-order valence-corrected chi connectivity index (χ4v) is 2.57. The first-order chi connectivity index (χ1) is 7.68. The van der Waals surface area contributed by atoms with Gasteiger partial charge in [-0.1, -0.05) is 37.3 Å². The standard InChI is InChI=1S/C15H22O/c1-13-7-10-15(16,11-8-13)12-9-14-5-3-2-4-6-14/h2-6,13,16H,7-12H2,1H3. The van der Waals surface area contributed by atoms with Crippen LogP contribution in [0.4, 0.5) is 0 Å². The molecule has 0 unspecified atom stereocenters. The largest absolute Gasteiger partial charge is 0.390 e. The Balaban J connectivity index is 1.85. The normalized spacial score (nSPS) is 30.2. The molecular weight excluding hydrogens is 196 g/mol. The molecule has 0 aliphatic heterocycles. The lowest BCUT2D eigenvalue weighted by atomic mass is 9.77. The maximum atomic E-state index is 10.5. The van der Waals surface area contributed by atoms with Crippen molar-refractivity contribution in [2.45, 2.75) is 51.0 Å². The lowest BCUT2D eigenvalue weighted by Crippen LogP contribution is -2.33. The smallest absolute Gasteiger partial charge is 0.0651 e. The first-order valence-corrected chi connectivity index (χ1v) is 6.44. The van der Waals surface area contributed by atoms with Crippen LogP contribution < -0.4 is 0 Å². The van der Waals surface area contributed by atoms with Crippen molar-refractivity contribution < 1.29 is 5.11 Å². The Labute approximate surface area is 98.5 Å². The van der Waals surface area contributed by atoms with Crippen LogP contribution in [0.1, 0.15) is 44.6 Å². The molecule has 0 saturated heterocycles. The average Bonchev–Trinajstić information content (AvgIpc) is 2.33. The minimum Gasteiger partial charge on any atom is -0.390 e. The van der Waals surface area contributed by atoms with Gasteiger partial charge in [-0.3, -0.25) is 0 Å². The first kappa shape index (κ1) is 11.7. The molecule has 1 heteroatoms. The van der Waals surface area contributed by atoms with Crippen molar-refractivity contribution in [3.05, 3.63) is 35.9 Å². The van der Waals surface area contributed by atoms with Crippen molar-refractivity contribution in [1.29, 1.82) is 0 Å². The Bertz CT molecular complexity index is 309. The predicted molar refractivity (Wildman–Crippen MR) is 67.3 cm³/mol. The van der Waals surface area contributed by atoms with Crippen molar-refractivity contribution in [2.75, 3.05) is 0 Å². The van der Waals surface area contributed by atoms with Gasteiger partial charge in [0.15, 0.2) is 0 Å². The van der Waals surface area contributed by atoms with Crippen molar-refractivity contribution in [3.8, 4) is 0 Å². The van der Waals surface area contributed by atoms with E-state index in [0.29, 0.717) is 0 Å². The average molecular weight is 218 g/mol. The van der Waals surface area contributed by atoms with Crippen LogP contribution in [0.3, 0.4) is 0 Å². The second-order valence-corrected chi connectivity index (χ2v) is 5.39. The molecule has 1 aliphatic carbocycles. The summed E-state index contributed by atoms with van der Waals surface area (Å²) in [5, 5.41) is 10.5. The molecule has 0 aromatic heterocycles. The third-order valence-corrected chi connectivity index (χ3v) is 3.93. The number of hydrogen-bond donors (Lipinski definition) is 1. The molecule has 0 heterocycles. The molecule has 1 saturated carbocycles. The van der Waals surface area contributed by atoms with E-state index in [9.17, 15) is 5.11 Å². The molecule has 1 aromatic carbocycles. The van der Waals surface area contributed by atoms with Gasteiger partial charge in [-0.05, 0) is 50.0 Å². The Morgan fingerprint density at radius 2 is 1.81 bits per heavy atom. The molecule has 0 atom stereocenters. The van der Waals surface area contributed by atoms with E-state index in [-0.39, 0.29) is 5.60 Å². The molecule has 1 N–H and O–H groups in total. The maximum absolute atomic E-state index is 10.5. The molecule has 1 aromatic rings. The quantitative estimate of drug-likeness (QED) is 0.822. The van der Waals surface area contributed by atoms with E-state index in [4.69, 9.17) is 0 Å². The highest BCUT2D eigenvalue weighted by Crippen LogP contribution is 2.34. The highest BCUT2D eigenvalue weighted by atomic mass is 16.3. The number of benzene rings is 1. The Hall–Kier alpha value is -0.820. The predicted octanol–water partition coefficient (Wildman–Crippen LogP) is 3.56. The topological polar surface area (TPSA) is 20.2 Å². The number of aryl methyl sites for hydroxylation is 1. The number of hydrogen-bond acceptors (Lipinski definition) is 1. The van der Waals surface area contributed by atoms with Crippen LogP contribution in [-0.2, 0) is 6.42 Å². The van der Waals surface area contributed by atoms with Gasteiger partial charge in [0.25, 0.3) is 0 Å². The zero-order chi connectivity index (χ0) is 11.4. The SMILES string of the molecule is CC1CCC(O)(CCc2ccccc2)CC1. The van der Waals surface area contributed by atoms with E-state index in [1.54, 1.807) is 0 Å². The molecule has 1 fully saturated rings. The van der Waals surface area contributed by atoms with Gasteiger partial charge >= 0.3 is 0 Å².